The second-order valence-electron chi connectivity index (χ2n) is 6.47. The summed E-state index contributed by atoms with van der Waals surface area (Å²) in [7, 11) is 1.59. The van der Waals surface area contributed by atoms with Gasteiger partial charge in [-0.15, -0.1) is 13.2 Å². The molecule has 2 N–H and O–H groups in total. The van der Waals surface area contributed by atoms with E-state index in [1.807, 2.05) is 41.2 Å². The van der Waals surface area contributed by atoms with Crippen molar-refractivity contribution in [3.63, 3.8) is 0 Å². The van der Waals surface area contributed by atoms with Gasteiger partial charge in [-0.05, 0) is 11.6 Å². The van der Waals surface area contributed by atoms with E-state index in [1.165, 1.54) is 12.1 Å². The molecule has 30 heavy (non-hydrogen) atoms. The molecule has 2 aromatic carbocycles. The van der Waals surface area contributed by atoms with Crippen LogP contribution in [0.5, 0.6) is 5.75 Å². The number of nitrogens with one attached hydrogen (secondary N) is 2. The van der Waals surface area contributed by atoms with Crippen LogP contribution in [0.2, 0.25) is 0 Å². The van der Waals surface area contributed by atoms with Crippen LogP contribution in [0.3, 0.4) is 0 Å². The molecular formula is C21H22F3N5O. The van der Waals surface area contributed by atoms with E-state index >= 15 is 0 Å². The molecule has 0 fully saturated rings. The highest BCUT2D eigenvalue weighted by molar-refractivity contribution is 5.79. The highest BCUT2D eigenvalue weighted by atomic mass is 19.4. The van der Waals surface area contributed by atoms with Crippen molar-refractivity contribution >= 4 is 5.96 Å². The average Bonchev–Trinajstić information content (AvgIpc) is 3.16. The molecule has 158 valence electrons. The zero-order valence-corrected chi connectivity index (χ0v) is 16.4. The lowest BCUT2D eigenvalue weighted by Crippen LogP contribution is -2.36. The Morgan fingerprint density at radius 2 is 1.70 bits per heavy atom. The molecule has 9 heteroatoms. The van der Waals surface area contributed by atoms with Gasteiger partial charge in [0.05, 0.1) is 12.7 Å². The van der Waals surface area contributed by atoms with Crippen LogP contribution in [0.25, 0.3) is 0 Å². The van der Waals surface area contributed by atoms with Crippen LogP contribution < -0.4 is 15.4 Å². The van der Waals surface area contributed by atoms with Gasteiger partial charge in [-0.3, -0.25) is 9.67 Å². The van der Waals surface area contributed by atoms with Crippen molar-refractivity contribution in [3.05, 3.63) is 83.7 Å². The first-order valence-electron chi connectivity index (χ1n) is 9.26. The largest absolute Gasteiger partial charge is 0.573 e. The normalized spacial score (nSPS) is 11.9. The first kappa shape index (κ1) is 21.2. The third-order valence-corrected chi connectivity index (χ3v) is 4.20. The molecule has 0 aliphatic rings. The van der Waals surface area contributed by atoms with Crippen LogP contribution in [0.1, 0.15) is 16.7 Å². The summed E-state index contributed by atoms with van der Waals surface area (Å²) in [4.78, 5) is 4.10. The van der Waals surface area contributed by atoms with Gasteiger partial charge in [0.25, 0.3) is 0 Å². The summed E-state index contributed by atoms with van der Waals surface area (Å²) in [5.41, 5.74) is 2.47. The molecule has 0 saturated carbocycles. The number of benzene rings is 2. The second kappa shape index (κ2) is 9.82. The summed E-state index contributed by atoms with van der Waals surface area (Å²) in [6.45, 7) is 1.26. The Balaban J connectivity index is 1.53. The fraction of sp³-hybridized carbons (Fsp3) is 0.238. The summed E-state index contributed by atoms with van der Waals surface area (Å²) in [6, 6.07) is 16.0. The van der Waals surface area contributed by atoms with Crippen molar-refractivity contribution in [2.75, 3.05) is 7.05 Å². The molecule has 0 radical (unpaired) electrons. The number of para-hydroxylation sites is 1. The topological polar surface area (TPSA) is 63.5 Å². The van der Waals surface area contributed by atoms with Gasteiger partial charge in [0.2, 0.25) is 0 Å². The number of rotatable bonds is 7. The third-order valence-electron chi connectivity index (χ3n) is 4.20. The van der Waals surface area contributed by atoms with E-state index in [4.69, 9.17) is 0 Å². The van der Waals surface area contributed by atoms with Crippen molar-refractivity contribution in [1.82, 2.24) is 20.4 Å². The minimum absolute atomic E-state index is 0.124. The monoisotopic (exact) mass is 417 g/mol. The Morgan fingerprint density at radius 3 is 2.43 bits per heavy atom. The Bertz CT molecular complexity index is 970. The Labute approximate surface area is 172 Å². The predicted octanol–water partition coefficient (Wildman–Crippen LogP) is 3.70. The van der Waals surface area contributed by atoms with E-state index in [-0.39, 0.29) is 12.3 Å². The quantitative estimate of drug-likeness (QED) is 0.455. The van der Waals surface area contributed by atoms with Crippen LogP contribution in [0.15, 0.2) is 72.0 Å². The standard InChI is InChI=1S/C21H22F3N5O/c1-25-20(27-13-18-9-5-6-10-19(18)30-21(22,23)24)26-11-17-12-28-29(15-17)14-16-7-3-2-4-8-16/h2-10,12,15H,11,13-14H2,1H3,(H2,25,26,27). The van der Waals surface area contributed by atoms with Gasteiger partial charge in [0.1, 0.15) is 5.75 Å². The molecular weight excluding hydrogens is 395 g/mol. The van der Waals surface area contributed by atoms with Crippen LogP contribution in [0.4, 0.5) is 13.2 Å². The van der Waals surface area contributed by atoms with Gasteiger partial charge < -0.3 is 15.4 Å². The van der Waals surface area contributed by atoms with E-state index in [9.17, 15) is 13.2 Å². The number of nitrogens with zero attached hydrogens (tertiary/aromatic N) is 3. The maximum absolute atomic E-state index is 12.5. The van der Waals surface area contributed by atoms with E-state index in [0.29, 0.717) is 24.6 Å². The van der Waals surface area contributed by atoms with Crippen molar-refractivity contribution in [3.8, 4) is 5.75 Å². The van der Waals surface area contributed by atoms with Gasteiger partial charge in [-0.25, -0.2) is 0 Å². The molecule has 0 aliphatic heterocycles. The van der Waals surface area contributed by atoms with E-state index in [0.717, 1.165) is 11.1 Å². The molecule has 0 bridgehead atoms. The number of aliphatic imine (C=N–C) groups is 1. The average molecular weight is 417 g/mol. The molecule has 3 rings (SSSR count). The van der Waals surface area contributed by atoms with Gasteiger partial charge >= 0.3 is 6.36 Å². The zero-order chi connectivity index (χ0) is 21.4. The summed E-state index contributed by atoms with van der Waals surface area (Å²) in [6.07, 6.45) is -1.05. The Morgan fingerprint density at radius 1 is 1.00 bits per heavy atom. The van der Waals surface area contributed by atoms with Gasteiger partial charge in [-0.1, -0.05) is 48.5 Å². The van der Waals surface area contributed by atoms with Gasteiger partial charge in [-0.2, -0.15) is 5.10 Å². The lowest BCUT2D eigenvalue weighted by Gasteiger charge is -2.15. The molecule has 0 saturated heterocycles. The third kappa shape index (κ3) is 6.54. The number of guanidine groups is 1. The number of alkyl halides is 3. The molecule has 0 atom stereocenters. The maximum atomic E-state index is 12.5. The zero-order valence-electron chi connectivity index (χ0n) is 16.4. The van der Waals surface area contributed by atoms with Crippen molar-refractivity contribution in [2.45, 2.75) is 26.0 Å². The number of ether oxygens (including phenoxy) is 1. The Kier molecular flexibility index (Phi) is 6.95. The molecule has 6 nitrogen and oxygen atoms in total. The van der Waals surface area contributed by atoms with Crippen LogP contribution in [0, 0.1) is 0 Å². The number of halogens is 3. The molecule has 0 unspecified atom stereocenters. The maximum Gasteiger partial charge on any atom is 0.573 e. The van der Waals surface area contributed by atoms with Crippen molar-refractivity contribution < 1.29 is 17.9 Å². The lowest BCUT2D eigenvalue weighted by atomic mass is 10.2. The summed E-state index contributed by atoms with van der Waals surface area (Å²) >= 11 is 0. The predicted molar refractivity (Wildman–Crippen MR) is 108 cm³/mol. The molecule has 3 aromatic rings. The van der Waals surface area contributed by atoms with E-state index in [1.54, 1.807) is 25.4 Å². The summed E-state index contributed by atoms with van der Waals surface area (Å²) < 4.78 is 43.6. The number of hydrogen-bond acceptors (Lipinski definition) is 3. The fourth-order valence-electron chi connectivity index (χ4n) is 2.81. The van der Waals surface area contributed by atoms with Gasteiger partial charge in [0, 0.05) is 37.5 Å². The summed E-state index contributed by atoms with van der Waals surface area (Å²) in [5.74, 6) is 0.211. The van der Waals surface area contributed by atoms with E-state index in [2.05, 4.69) is 25.5 Å². The number of aromatic nitrogens is 2. The molecule has 1 aromatic heterocycles. The van der Waals surface area contributed by atoms with Crippen molar-refractivity contribution in [2.24, 2.45) is 4.99 Å². The van der Waals surface area contributed by atoms with Crippen LogP contribution in [-0.4, -0.2) is 29.2 Å². The molecule has 1 heterocycles. The smallest absolute Gasteiger partial charge is 0.405 e. The Hall–Kier alpha value is -3.49. The highest BCUT2D eigenvalue weighted by Crippen LogP contribution is 2.26. The second-order valence-corrected chi connectivity index (χ2v) is 6.47. The summed E-state index contributed by atoms with van der Waals surface area (Å²) in [5, 5.41) is 10.5. The van der Waals surface area contributed by atoms with Crippen molar-refractivity contribution in [1.29, 1.82) is 0 Å². The van der Waals surface area contributed by atoms with Crippen LogP contribution in [-0.2, 0) is 19.6 Å². The first-order chi connectivity index (χ1) is 14.4. The fourth-order valence-corrected chi connectivity index (χ4v) is 2.81. The minimum atomic E-state index is -4.74. The van der Waals surface area contributed by atoms with Crippen LogP contribution >= 0.6 is 0 Å². The first-order valence-corrected chi connectivity index (χ1v) is 9.26. The van der Waals surface area contributed by atoms with E-state index < -0.39 is 6.36 Å². The molecule has 0 spiro atoms. The lowest BCUT2D eigenvalue weighted by molar-refractivity contribution is -0.274. The minimum Gasteiger partial charge on any atom is -0.405 e. The highest BCUT2D eigenvalue weighted by Gasteiger charge is 2.31. The SMILES string of the molecule is CN=C(NCc1cnn(Cc2ccccc2)c1)NCc1ccccc1OC(F)(F)F. The van der Waals surface area contributed by atoms with Gasteiger partial charge in [0.15, 0.2) is 5.96 Å². The molecule has 0 amide bonds. The molecule has 0 aliphatic carbocycles. The number of hydrogen-bond donors (Lipinski definition) is 2.